The van der Waals surface area contributed by atoms with E-state index in [1.807, 2.05) is 24.3 Å². The van der Waals surface area contributed by atoms with Crippen molar-refractivity contribution in [1.29, 1.82) is 0 Å². The number of piperidine rings is 1. The molecule has 10 nitrogen and oxygen atoms in total. The molecule has 0 bridgehead atoms. The second-order valence-corrected chi connectivity index (χ2v) is 11.6. The Balaban J connectivity index is 1.39. The van der Waals surface area contributed by atoms with Gasteiger partial charge in [0.1, 0.15) is 18.0 Å². The Hall–Kier alpha value is -3.24. The number of benzene rings is 1. The largest absolute Gasteiger partial charge is 0.378 e. The summed E-state index contributed by atoms with van der Waals surface area (Å²) in [4.78, 5) is 58.4. The minimum Gasteiger partial charge on any atom is -0.378 e. The maximum Gasteiger partial charge on any atom is 0.289 e. The fraction of sp³-hybridized carbons (Fsp3) is 0.586. The molecule has 6 atom stereocenters. The molecule has 3 heterocycles. The molecule has 3 amide bonds. The summed E-state index contributed by atoms with van der Waals surface area (Å²) >= 11 is 0. The zero-order valence-electron chi connectivity index (χ0n) is 22.6. The number of ketones is 1. The van der Waals surface area contributed by atoms with Crippen LogP contribution in [0.5, 0.6) is 0 Å². The Bertz CT molecular complexity index is 1210. The first-order valence-corrected chi connectivity index (χ1v) is 14.2. The molecule has 10 heteroatoms. The number of rotatable bonds is 8. The number of carbonyl (C=O) groups excluding carboxylic acids is 4. The molecule has 1 aromatic carbocycles. The van der Waals surface area contributed by atoms with E-state index in [1.54, 1.807) is 24.8 Å². The predicted octanol–water partition coefficient (Wildman–Crippen LogP) is 1.70. The lowest BCUT2D eigenvalue weighted by atomic mass is 9.88. The maximum absolute atomic E-state index is 13.9. The Morgan fingerprint density at radius 1 is 1.08 bits per heavy atom. The quantitative estimate of drug-likeness (QED) is 0.324. The number of fused-ring (bicyclic) bond motifs is 2. The molecule has 2 aliphatic heterocycles. The van der Waals surface area contributed by atoms with Crippen molar-refractivity contribution < 1.29 is 24.3 Å². The van der Waals surface area contributed by atoms with Crippen molar-refractivity contribution in [2.24, 2.45) is 17.8 Å². The molecule has 5 N–H and O–H groups in total. The van der Waals surface area contributed by atoms with Gasteiger partial charge >= 0.3 is 0 Å². The molecular weight excluding hydrogens is 498 g/mol. The predicted molar refractivity (Wildman–Crippen MR) is 146 cm³/mol. The van der Waals surface area contributed by atoms with Crippen LogP contribution in [0.4, 0.5) is 0 Å². The number of carbonyl (C=O) groups is 4. The summed E-state index contributed by atoms with van der Waals surface area (Å²) in [5.74, 6) is -2.21. The molecule has 1 saturated carbocycles. The van der Waals surface area contributed by atoms with Gasteiger partial charge in [-0.25, -0.2) is 0 Å². The standard InChI is InChI=1S/C29H39N5O5/c1-16(2)31-28(38)25(35)22(14-18-9-6-12-30-26(18)36)33-27(37)24-20-10-5-8-19(20)15-34(24)29(39)23-13-17-7-3-4-11-21(17)32-23/h3-4,7,11,13,16,18-20,22,24,26,30,32,36H,5-6,8-10,12,14-15H2,1-2H3,(H,31,38)(H,33,37)/t18-,19-,20-,22?,24-,26?/m0/s1. The van der Waals surface area contributed by atoms with Crippen molar-refractivity contribution in [3.63, 3.8) is 0 Å². The number of aromatic amines is 1. The van der Waals surface area contributed by atoms with Crippen molar-refractivity contribution in [3.05, 3.63) is 36.0 Å². The van der Waals surface area contributed by atoms with Gasteiger partial charge < -0.3 is 25.6 Å². The van der Waals surface area contributed by atoms with E-state index in [4.69, 9.17) is 0 Å². The van der Waals surface area contributed by atoms with Crippen LogP contribution in [0.15, 0.2) is 30.3 Å². The number of nitrogens with zero attached hydrogens (tertiary/aromatic N) is 1. The molecule has 5 rings (SSSR count). The summed E-state index contributed by atoms with van der Waals surface area (Å²) in [6.45, 7) is 4.68. The third-order valence-corrected chi connectivity index (χ3v) is 8.55. The van der Waals surface area contributed by atoms with Crippen LogP contribution < -0.4 is 16.0 Å². The highest BCUT2D eigenvalue weighted by Crippen LogP contribution is 2.43. The van der Waals surface area contributed by atoms with Gasteiger partial charge in [0.15, 0.2) is 0 Å². The Morgan fingerprint density at radius 2 is 1.87 bits per heavy atom. The highest BCUT2D eigenvalue weighted by molar-refractivity contribution is 6.38. The molecule has 2 saturated heterocycles. The Labute approximate surface area is 228 Å². The van der Waals surface area contributed by atoms with Gasteiger partial charge in [-0.1, -0.05) is 24.6 Å². The van der Waals surface area contributed by atoms with Crippen LogP contribution in [-0.4, -0.2) is 75.9 Å². The number of aromatic nitrogens is 1. The SMILES string of the molecule is CC(C)NC(=O)C(=O)C(C[C@@H]1CCCNC1O)NC(=O)[C@@H]1[C@H]2CCC[C@H]2CN1C(=O)c1cc2ccccc2[nH]1. The van der Waals surface area contributed by atoms with E-state index in [2.05, 4.69) is 20.9 Å². The van der Waals surface area contributed by atoms with Crippen LogP contribution in [0.2, 0.25) is 0 Å². The summed E-state index contributed by atoms with van der Waals surface area (Å²) < 4.78 is 0. The Kier molecular flexibility index (Phi) is 8.04. The van der Waals surface area contributed by atoms with Gasteiger partial charge in [-0.15, -0.1) is 0 Å². The van der Waals surface area contributed by atoms with E-state index in [-0.39, 0.29) is 36.1 Å². The lowest BCUT2D eigenvalue weighted by Crippen LogP contribution is -2.56. The van der Waals surface area contributed by atoms with Gasteiger partial charge in [0, 0.05) is 29.4 Å². The van der Waals surface area contributed by atoms with Crippen molar-refractivity contribution in [2.75, 3.05) is 13.1 Å². The third-order valence-electron chi connectivity index (χ3n) is 8.55. The number of nitrogens with one attached hydrogen (secondary N) is 4. The number of hydrogen-bond acceptors (Lipinski definition) is 6. The number of aliphatic hydroxyl groups excluding tert-OH is 1. The molecule has 0 spiro atoms. The minimum atomic E-state index is -1.10. The highest BCUT2D eigenvalue weighted by Gasteiger charge is 2.50. The smallest absolute Gasteiger partial charge is 0.289 e. The molecule has 1 aromatic heterocycles. The zero-order chi connectivity index (χ0) is 27.7. The summed E-state index contributed by atoms with van der Waals surface area (Å²) in [5, 5.41) is 19.9. The number of H-pyrrole nitrogens is 1. The summed E-state index contributed by atoms with van der Waals surface area (Å²) in [6.07, 6.45) is 3.60. The lowest BCUT2D eigenvalue weighted by Gasteiger charge is -2.33. The number of para-hydroxylation sites is 1. The van der Waals surface area contributed by atoms with E-state index in [0.29, 0.717) is 25.2 Å². The molecule has 1 aliphatic carbocycles. The van der Waals surface area contributed by atoms with Crippen LogP contribution >= 0.6 is 0 Å². The van der Waals surface area contributed by atoms with Crippen molar-refractivity contribution >= 4 is 34.4 Å². The van der Waals surface area contributed by atoms with Gasteiger partial charge in [-0.05, 0) is 76.5 Å². The second-order valence-electron chi connectivity index (χ2n) is 11.6. The van der Waals surface area contributed by atoms with Crippen molar-refractivity contribution in [3.8, 4) is 0 Å². The maximum atomic E-state index is 13.9. The second kappa shape index (κ2) is 11.5. The van der Waals surface area contributed by atoms with Crippen molar-refractivity contribution in [1.82, 2.24) is 25.8 Å². The number of likely N-dealkylation sites (tertiary alicyclic amines) is 1. The molecule has 210 valence electrons. The van der Waals surface area contributed by atoms with Crippen molar-refractivity contribution in [2.45, 2.75) is 76.7 Å². The van der Waals surface area contributed by atoms with Crippen LogP contribution in [0.3, 0.4) is 0 Å². The molecule has 2 aromatic rings. The normalized spacial score (nSPS) is 27.4. The average molecular weight is 538 g/mol. The van der Waals surface area contributed by atoms with Gasteiger partial charge in [-0.3, -0.25) is 24.5 Å². The number of hydrogen-bond donors (Lipinski definition) is 5. The lowest BCUT2D eigenvalue weighted by molar-refractivity contribution is -0.141. The molecule has 0 radical (unpaired) electrons. The Morgan fingerprint density at radius 3 is 2.62 bits per heavy atom. The molecule has 39 heavy (non-hydrogen) atoms. The topological polar surface area (TPSA) is 144 Å². The third kappa shape index (κ3) is 5.72. The van der Waals surface area contributed by atoms with E-state index >= 15 is 0 Å². The van der Waals surface area contributed by atoms with Crippen LogP contribution in [0.1, 0.15) is 62.9 Å². The summed E-state index contributed by atoms with van der Waals surface area (Å²) in [6, 6.07) is 7.39. The molecule has 2 unspecified atom stereocenters. The first-order chi connectivity index (χ1) is 18.7. The molecule has 3 fully saturated rings. The zero-order valence-corrected chi connectivity index (χ0v) is 22.6. The average Bonchev–Trinajstić information content (AvgIpc) is 3.62. The van der Waals surface area contributed by atoms with Crippen LogP contribution in [0, 0.1) is 17.8 Å². The first-order valence-electron chi connectivity index (χ1n) is 14.2. The molecular formula is C29H39N5O5. The van der Waals surface area contributed by atoms with E-state index in [0.717, 1.165) is 36.6 Å². The van der Waals surface area contributed by atoms with E-state index in [1.165, 1.54) is 0 Å². The number of Topliss-reactive ketones (excluding diaryl/α,β-unsaturated/α-hetero) is 1. The first kappa shape index (κ1) is 27.3. The van der Waals surface area contributed by atoms with Gasteiger partial charge in [0.2, 0.25) is 11.7 Å². The number of amides is 3. The van der Waals surface area contributed by atoms with E-state index < -0.39 is 35.9 Å². The number of aliphatic hydroxyl groups is 1. The van der Waals surface area contributed by atoms with Crippen LogP contribution in [0.25, 0.3) is 10.9 Å². The fourth-order valence-corrected chi connectivity index (χ4v) is 6.66. The molecule has 3 aliphatic rings. The fourth-order valence-electron chi connectivity index (χ4n) is 6.66. The monoisotopic (exact) mass is 537 g/mol. The van der Waals surface area contributed by atoms with Gasteiger partial charge in [-0.2, -0.15) is 0 Å². The van der Waals surface area contributed by atoms with E-state index in [9.17, 15) is 24.3 Å². The summed E-state index contributed by atoms with van der Waals surface area (Å²) in [5.41, 5.74) is 1.28. The van der Waals surface area contributed by atoms with Gasteiger partial charge in [0.05, 0.1) is 6.04 Å². The van der Waals surface area contributed by atoms with Gasteiger partial charge in [0.25, 0.3) is 11.8 Å². The summed E-state index contributed by atoms with van der Waals surface area (Å²) in [7, 11) is 0. The van der Waals surface area contributed by atoms with Crippen LogP contribution in [-0.2, 0) is 14.4 Å². The minimum absolute atomic E-state index is 0.000471. The highest BCUT2D eigenvalue weighted by atomic mass is 16.3.